The highest BCUT2D eigenvalue weighted by Crippen LogP contribution is 2.49. The molecule has 1 atom stereocenters. The monoisotopic (exact) mass is 536 g/mol. The summed E-state index contributed by atoms with van der Waals surface area (Å²) in [4.78, 5) is 47.8. The average Bonchev–Trinajstić information content (AvgIpc) is 3.65. The molecule has 1 aliphatic carbocycles. The lowest BCUT2D eigenvalue weighted by molar-refractivity contribution is -0.0102. The van der Waals surface area contributed by atoms with Crippen molar-refractivity contribution in [2.75, 3.05) is 19.6 Å². The third kappa shape index (κ3) is 5.07. The molecule has 3 fully saturated rings. The SMILES string of the molecule is CC(c1ccc(-n2cc(F)cn2)nc1)N1CC(=C=O)N(C2CC2)C2(CCN(C(=O)OC(C)(C)C)CC2)C1=C=O. The maximum atomic E-state index is 13.4. The number of pyridine rings is 1. The summed E-state index contributed by atoms with van der Waals surface area (Å²) in [5.74, 6) is 4.41. The zero-order valence-electron chi connectivity index (χ0n) is 22.7. The molecular formula is C28H33FN6O4. The number of carbonyl (C=O) groups excluding carboxylic acids is 3. The molecule has 0 bridgehead atoms. The summed E-state index contributed by atoms with van der Waals surface area (Å²) in [6.45, 7) is 8.41. The van der Waals surface area contributed by atoms with E-state index < -0.39 is 17.0 Å². The third-order valence-corrected chi connectivity index (χ3v) is 7.68. The Hall–Kier alpha value is -3.94. The number of hydrogen-bond donors (Lipinski definition) is 0. The van der Waals surface area contributed by atoms with Gasteiger partial charge >= 0.3 is 6.09 Å². The van der Waals surface area contributed by atoms with Gasteiger partial charge in [-0.3, -0.25) is 0 Å². The minimum Gasteiger partial charge on any atom is -0.444 e. The summed E-state index contributed by atoms with van der Waals surface area (Å²) < 4.78 is 20.3. The molecule has 11 heteroatoms. The van der Waals surface area contributed by atoms with Crippen LogP contribution in [0.1, 0.15) is 65.0 Å². The molecule has 0 aromatic carbocycles. The van der Waals surface area contributed by atoms with Gasteiger partial charge in [0.1, 0.15) is 28.9 Å². The molecule has 2 aromatic heterocycles. The Morgan fingerprint density at radius 2 is 1.87 bits per heavy atom. The van der Waals surface area contributed by atoms with Crippen molar-refractivity contribution in [3.05, 3.63) is 53.5 Å². The predicted molar refractivity (Wildman–Crippen MR) is 139 cm³/mol. The molecule has 4 heterocycles. The molecule has 3 aliphatic rings. The molecule has 5 rings (SSSR count). The molecule has 2 aliphatic heterocycles. The molecule has 2 aromatic rings. The molecule has 2 saturated heterocycles. The molecule has 0 radical (unpaired) electrons. The lowest BCUT2D eigenvalue weighted by Gasteiger charge is -2.56. The molecular weight excluding hydrogens is 503 g/mol. The first-order valence-electron chi connectivity index (χ1n) is 13.3. The van der Waals surface area contributed by atoms with Gasteiger partial charge in [0.05, 0.1) is 30.5 Å². The summed E-state index contributed by atoms with van der Waals surface area (Å²) in [7, 11) is 0. The Morgan fingerprint density at radius 1 is 1.15 bits per heavy atom. The van der Waals surface area contributed by atoms with Gasteiger partial charge < -0.3 is 19.4 Å². The van der Waals surface area contributed by atoms with Crippen LogP contribution in [0.5, 0.6) is 0 Å². The van der Waals surface area contributed by atoms with Crippen molar-refractivity contribution in [2.45, 2.75) is 76.6 Å². The number of ether oxygens (including phenoxy) is 1. The van der Waals surface area contributed by atoms with Crippen LogP contribution in [-0.4, -0.2) is 84.3 Å². The molecule has 1 saturated carbocycles. The fraction of sp³-hybridized carbons (Fsp3) is 0.536. The molecule has 10 nitrogen and oxygen atoms in total. The number of aromatic nitrogens is 3. The van der Waals surface area contributed by atoms with Gasteiger partial charge in [-0.15, -0.1) is 0 Å². The van der Waals surface area contributed by atoms with Crippen LogP contribution in [-0.2, 0) is 14.3 Å². The van der Waals surface area contributed by atoms with Crippen molar-refractivity contribution >= 4 is 18.0 Å². The lowest BCUT2D eigenvalue weighted by atomic mass is 9.79. The number of likely N-dealkylation sites (tertiary alicyclic amines) is 1. The maximum Gasteiger partial charge on any atom is 0.410 e. The first-order valence-corrected chi connectivity index (χ1v) is 13.3. The van der Waals surface area contributed by atoms with Crippen molar-refractivity contribution in [1.29, 1.82) is 0 Å². The number of hydrogen-bond acceptors (Lipinski definition) is 8. The van der Waals surface area contributed by atoms with Gasteiger partial charge in [-0.25, -0.2) is 28.4 Å². The minimum atomic E-state index is -0.777. The third-order valence-electron chi connectivity index (χ3n) is 7.68. The quantitative estimate of drug-likeness (QED) is 0.548. The van der Waals surface area contributed by atoms with Crippen molar-refractivity contribution in [3.63, 3.8) is 0 Å². The molecule has 1 amide bonds. The number of piperidine rings is 1. The van der Waals surface area contributed by atoms with Crippen LogP contribution in [0.15, 0.2) is 42.1 Å². The topological polar surface area (TPSA) is 101 Å². The van der Waals surface area contributed by atoms with Crippen molar-refractivity contribution in [2.24, 2.45) is 0 Å². The smallest absolute Gasteiger partial charge is 0.410 e. The van der Waals surface area contributed by atoms with Crippen molar-refractivity contribution < 1.29 is 23.5 Å². The van der Waals surface area contributed by atoms with E-state index in [4.69, 9.17) is 4.74 Å². The van der Waals surface area contributed by atoms with E-state index in [1.807, 2.05) is 38.7 Å². The van der Waals surface area contributed by atoms with Crippen LogP contribution >= 0.6 is 0 Å². The van der Waals surface area contributed by atoms with Crippen LogP contribution < -0.4 is 0 Å². The molecule has 1 unspecified atom stereocenters. The molecule has 39 heavy (non-hydrogen) atoms. The zero-order chi connectivity index (χ0) is 27.9. The predicted octanol–water partition coefficient (Wildman–Crippen LogP) is 3.45. The fourth-order valence-electron chi connectivity index (χ4n) is 5.67. The Balaban J connectivity index is 1.44. The van der Waals surface area contributed by atoms with Gasteiger partial charge in [0.2, 0.25) is 0 Å². The highest BCUT2D eigenvalue weighted by atomic mass is 19.1. The van der Waals surface area contributed by atoms with Crippen molar-refractivity contribution in [3.8, 4) is 5.82 Å². The first-order chi connectivity index (χ1) is 18.6. The Bertz CT molecular complexity index is 1340. The van der Waals surface area contributed by atoms with E-state index in [9.17, 15) is 18.8 Å². The van der Waals surface area contributed by atoms with E-state index in [0.29, 0.717) is 43.1 Å². The second-order valence-electron chi connectivity index (χ2n) is 11.5. The average molecular weight is 537 g/mol. The van der Waals surface area contributed by atoms with E-state index in [-0.39, 0.29) is 24.7 Å². The first kappa shape index (κ1) is 26.7. The van der Waals surface area contributed by atoms with Gasteiger partial charge in [-0.05, 0) is 65.0 Å². The number of carbonyl (C=O) groups is 1. The lowest BCUT2D eigenvalue weighted by Crippen LogP contribution is -2.64. The van der Waals surface area contributed by atoms with E-state index in [1.165, 1.54) is 10.9 Å². The zero-order valence-corrected chi connectivity index (χ0v) is 22.7. The minimum absolute atomic E-state index is 0.158. The second-order valence-corrected chi connectivity index (χ2v) is 11.5. The highest BCUT2D eigenvalue weighted by Gasteiger charge is 2.56. The van der Waals surface area contributed by atoms with Gasteiger partial charge in [0.15, 0.2) is 11.6 Å². The number of rotatable bonds is 4. The molecule has 0 N–H and O–H groups in total. The summed E-state index contributed by atoms with van der Waals surface area (Å²) in [5.41, 5.74) is 0.402. The molecule has 1 spiro atoms. The number of piperazine rings is 1. The van der Waals surface area contributed by atoms with E-state index >= 15 is 0 Å². The van der Waals surface area contributed by atoms with Crippen LogP contribution in [0.25, 0.3) is 5.82 Å². The fourth-order valence-corrected chi connectivity index (χ4v) is 5.67. The van der Waals surface area contributed by atoms with Crippen LogP contribution in [0.3, 0.4) is 0 Å². The maximum absolute atomic E-state index is 13.4. The van der Waals surface area contributed by atoms with E-state index in [0.717, 1.165) is 24.6 Å². The van der Waals surface area contributed by atoms with Gasteiger partial charge in [-0.1, -0.05) is 6.07 Å². The number of halogens is 1. The summed E-state index contributed by atoms with van der Waals surface area (Å²) in [5, 5.41) is 3.95. The summed E-state index contributed by atoms with van der Waals surface area (Å²) >= 11 is 0. The normalized spacial score (nSPS) is 20.1. The standard InChI is InChI=1S/C28H33FN6O4/c1-19(20-5-8-25(30-13-20)34-15-21(29)14-31-34)33-16-23(17-36)35(22-6-7-22)28(24(33)18-37)9-11-32(12-10-28)26(38)39-27(2,3)4/h5,8,13-15,19,22H,6-7,9-12,16H2,1-4H3. The van der Waals surface area contributed by atoms with Crippen molar-refractivity contribution in [1.82, 2.24) is 29.5 Å². The van der Waals surface area contributed by atoms with E-state index in [2.05, 4.69) is 26.9 Å². The summed E-state index contributed by atoms with van der Waals surface area (Å²) in [6.07, 6.45) is 6.42. The van der Waals surface area contributed by atoms with Gasteiger partial charge in [-0.2, -0.15) is 5.10 Å². The van der Waals surface area contributed by atoms with Crippen LogP contribution in [0.4, 0.5) is 9.18 Å². The Labute approximate surface area is 226 Å². The second kappa shape index (κ2) is 9.98. The highest BCUT2D eigenvalue weighted by molar-refractivity contribution is 5.69. The van der Waals surface area contributed by atoms with E-state index in [1.54, 1.807) is 17.2 Å². The van der Waals surface area contributed by atoms with Gasteiger partial charge in [0, 0.05) is 25.3 Å². The largest absolute Gasteiger partial charge is 0.444 e. The molecule has 206 valence electrons. The van der Waals surface area contributed by atoms with Gasteiger partial charge in [0.25, 0.3) is 0 Å². The number of amides is 1. The van der Waals surface area contributed by atoms with Crippen LogP contribution in [0, 0.1) is 5.82 Å². The Morgan fingerprint density at radius 3 is 2.38 bits per heavy atom. The van der Waals surface area contributed by atoms with Crippen LogP contribution in [0.2, 0.25) is 0 Å². The summed E-state index contributed by atoms with van der Waals surface area (Å²) in [6, 6.07) is 3.42. The number of nitrogens with zero attached hydrogens (tertiary/aromatic N) is 6. The Kier molecular flexibility index (Phi) is 6.83.